The van der Waals surface area contributed by atoms with Crippen LogP contribution in [0.25, 0.3) is 0 Å². The van der Waals surface area contributed by atoms with Gasteiger partial charge >= 0.3 is 12.0 Å². The maximum Gasteiger partial charge on any atom is 0.329 e. The molecule has 8 nitrogen and oxygen atoms in total. The summed E-state index contributed by atoms with van der Waals surface area (Å²) < 4.78 is 4.57. The molecule has 0 radical (unpaired) electrons. The third-order valence-corrected chi connectivity index (χ3v) is 2.20. The zero-order chi connectivity index (χ0) is 14.8. The Morgan fingerprint density at radius 2 is 1.84 bits per heavy atom. The van der Waals surface area contributed by atoms with Crippen LogP contribution in [0.1, 0.15) is 6.92 Å². The van der Waals surface area contributed by atoms with Gasteiger partial charge in [-0.05, 0) is 0 Å². The summed E-state index contributed by atoms with van der Waals surface area (Å²) in [6, 6.07) is -0.916. The molecule has 0 heterocycles. The normalized spacial score (nSPS) is 11.4. The van der Waals surface area contributed by atoms with E-state index in [0.29, 0.717) is 13.1 Å². The second-order valence-corrected chi connectivity index (χ2v) is 4.11. The van der Waals surface area contributed by atoms with Crippen LogP contribution in [0.3, 0.4) is 0 Å². The van der Waals surface area contributed by atoms with Gasteiger partial charge in [-0.15, -0.1) is 0 Å². The van der Waals surface area contributed by atoms with Crippen LogP contribution >= 0.6 is 0 Å². The Morgan fingerprint density at radius 3 is 2.32 bits per heavy atom. The van der Waals surface area contributed by atoms with Gasteiger partial charge < -0.3 is 25.6 Å². The number of methoxy groups -OCH3 is 1. The van der Waals surface area contributed by atoms with Gasteiger partial charge in [0.2, 0.25) is 5.91 Å². The molecule has 19 heavy (non-hydrogen) atoms. The molecule has 8 heteroatoms. The van der Waals surface area contributed by atoms with Gasteiger partial charge in [0.05, 0.1) is 7.11 Å². The van der Waals surface area contributed by atoms with Crippen LogP contribution in [-0.2, 0) is 14.3 Å². The molecule has 0 spiro atoms. The lowest BCUT2D eigenvalue weighted by Crippen LogP contribution is -2.48. The maximum atomic E-state index is 11.4. The van der Waals surface area contributed by atoms with E-state index in [9.17, 15) is 14.4 Å². The predicted octanol–water partition coefficient (Wildman–Crippen LogP) is -1.48. The van der Waals surface area contributed by atoms with Gasteiger partial charge in [-0.25, -0.2) is 9.59 Å². The first-order valence-corrected chi connectivity index (χ1v) is 5.89. The van der Waals surface area contributed by atoms with Crippen molar-refractivity contribution in [3.05, 3.63) is 0 Å². The van der Waals surface area contributed by atoms with Crippen molar-refractivity contribution in [2.75, 3.05) is 40.8 Å². The molecule has 0 aromatic rings. The smallest absolute Gasteiger partial charge is 0.329 e. The topological polar surface area (TPSA) is 99.8 Å². The zero-order valence-electron chi connectivity index (χ0n) is 11.8. The number of carbonyl (C=O) groups excluding carboxylic acids is 3. The highest BCUT2D eigenvalue weighted by Gasteiger charge is 2.19. The van der Waals surface area contributed by atoms with Crippen LogP contribution in [0, 0.1) is 0 Å². The van der Waals surface area contributed by atoms with Gasteiger partial charge in [-0.1, -0.05) is 0 Å². The van der Waals surface area contributed by atoms with Crippen molar-refractivity contribution >= 4 is 17.9 Å². The number of urea groups is 1. The number of esters is 1. The average molecular weight is 274 g/mol. The first kappa shape index (κ1) is 17.2. The second-order valence-electron chi connectivity index (χ2n) is 4.11. The average Bonchev–Trinajstić information content (AvgIpc) is 2.35. The fraction of sp³-hybridized carbons (Fsp3) is 0.727. The number of hydrogen-bond donors (Lipinski definition) is 3. The quantitative estimate of drug-likeness (QED) is 0.388. The SMILES string of the molecule is COC(=O)C(CNCCNC(=O)N(C)C)NC(C)=O. The lowest BCUT2D eigenvalue weighted by Gasteiger charge is -2.16. The molecule has 1 atom stereocenters. The molecule has 110 valence electrons. The lowest BCUT2D eigenvalue weighted by molar-refractivity contribution is -0.144. The number of nitrogens with one attached hydrogen (secondary N) is 3. The zero-order valence-corrected chi connectivity index (χ0v) is 11.8. The molecule has 0 aliphatic heterocycles. The minimum absolute atomic E-state index is 0.187. The molecule has 0 bridgehead atoms. The van der Waals surface area contributed by atoms with E-state index in [1.165, 1.54) is 18.9 Å². The second kappa shape index (κ2) is 9.15. The number of amides is 3. The summed E-state index contributed by atoms with van der Waals surface area (Å²) in [5, 5.41) is 8.09. The van der Waals surface area contributed by atoms with E-state index in [2.05, 4.69) is 20.7 Å². The Bertz CT molecular complexity index is 320. The van der Waals surface area contributed by atoms with Gasteiger partial charge in [-0.3, -0.25) is 4.79 Å². The van der Waals surface area contributed by atoms with Gasteiger partial charge in [-0.2, -0.15) is 0 Å². The van der Waals surface area contributed by atoms with E-state index in [1.807, 2.05) is 0 Å². The Hall–Kier alpha value is -1.83. The highest BCUT2D eigenvalue weighted by atomic mass is 16.5. The van der Waals surface area contributed by atoms with Crippen LogP contribution in [0.15, 0.2) is 0 Å². The number of ether oxygens (including phenoxy) is 1. The van der Waals surface area contributed by atoms with E-state index in [4.69, 9.17) is 0 Å². The highest BCUT2D eigenvalue weighted by molar-refractivity contribution is 5.83. The molecule has 0 aromatic carbocycles. The van der Waals surface area contributed by atoms with Gasteiger partial charge in [0, 0.05) is 40.7 Å². The minimum Gasteiger partial charge on any atom is -0.467 e. The van der Waals surface area contributed by atoms with Crippen LogP contribution in [0.5, 0.6) is 0 Å². The fourth-order valence-corrected chi connectivity index (χ4v) is 1.24. The van der Waals surface area contributed by atoms with E-state index >= 15 is 0 Å². The Balaban J connectivity index is 3.90. The van der Waals surface area contributed by atoms with Crippen molar-refractivity contribution in [2.24, 2.45) is 0 Å². The van der Waals surface area contributed by atoms with Gasteiger partial charge in [0.1, 0.15) is 6.04 Å². The Kier molecular flexibility index (Phi) is 8.27. The Morgan fingerprint density at radius 1 is 1.21 bits per heavy atom. The molecular weight excluding hydrogens is 252 g/mol. The fourth-order valence-electron chi connectivity index (χ4n) is 1.24. The van der Waals surface area contributed by atoms with Gasteiger partial charge in [0.15, 0.2) is 0 Å². The van der Waals surface area contributed by atoms with E-state index in [0.717, 1.165) is 0 Å². The van der Waals surface area contributed by atoms with Crippen LogP contribution < -0.4 is 16.0 Å². The molecular formula is C11H22N4O4. The van der Waals surface area contributed by atoms with Crippen molar-refractivity contribution in [1.29, 1.82) is 0 Å². The molecule has 3 amide bonds. The first-order valence-electron chi connectivity index (χ1n) is 5.89. The summed E-state index contributed by atoms with van der Waals surface area (Å²) in [6.07, 6.45) is 0. The molecule has 0 aromatic heterocycles. The minimum atomic E-state index is -0.730. The number of nitrogens with zero attached hydrogens (tertiary/aromatic N) is 1. The summed E-state index contributed by atoms with van der Waals surface area (Å²) in [5.41, 5.74) is 0. The standard InChI is InChI=1S/C11H22N4O4/c1-8(16)14-9(10(17)19-4)7-12-5-6-13-11(18)15(2)3/h9,12H,5-7H2,1-4H3,(H,13,18)(H,14,16). The predicted molar refractivity (Wildman–Crippen MR) is 69.6 cm³/mol. The summed E-state index contributed by atoms with van der Waals surface area (Å²) in [7, 11) is 4.55. The van der Waals surface area contributed by atoms with Gasteiger partial charge in [0.25, 0.3) is 0 Å². The molecule has 1 unspecified atom stereocenters. The molecule has 0 fully saturated rings. The first-order chi connectivity index (χ1) is 8.88. The molecule has 0 saturated heterocycles. The molecule has 3 N–H and O–H groups in total. The van der Waals surface area contributed by atoms with Crippen molar-refractivity contribution in [1.82, 2.24) is 20.9 Å². The summed E-state index contributed by atoms with van der Waals surface area (Å²) in [5.74, 6) is -0.821. The van der Waals surface area contributed by atoms with Crippen molar-refractivity contribution in [3.63, 3.8) is 0 Å². The van der Waals surface area contributed by atoms with Crippen LogP contribution in [-0.4, -0.2) is 69.7 Å². The Labute approximate surface area is 112 Å². The van der Waals surface area contributed by atoms with E-state index in [-0.39, 0.29) is 18.5 Å². The summed E-state index contributed by atoms with van der Waals surface area (Å²) >= 11 is 0. The van der Waals surface area contributed by atoms with Crippen molar-refractivity contribution in [3.8, 4) is 0 Å². The highest BCUT2D eigenvalue weighted by Crippen LogP contribution is 1.86. The monoisotopic (exact) mass is 274 g/mol. The largest absolute Gasteiger partial charge is 0.467 e. The summed E-state index contributed by atoms with van der Waals surface area (Å²) in [4.78, 5) is 34.9. The molecule has 0 aliphatic rings. The number of rotatable bonds is 7. The third-order valence-electron chi connectivity index (χ3n) is 2.20. The third kappa shape index (κ3) is 7.98. The maximum absolute atomic E-state index is 11.4. The molecule has 0 rings (SSSR count). The van der Waals surface area contributed by atoms with Crippen molar-refractivity contribution in [2.45, 2.75) is 13.0 Å². The molecule has 0 aliphatic carbocycles. The number of hydrogen-bond acceptors (Lipinski definition) is 5. The number of carbonyl (C=O) groups is 3. The lowest BCUT2D eigenvalue weighted by atomic mass is 10.3. The molecule has 0 saturated carbocycles. The van der Waals surface area contributed by atoms with E-state index < -0.39 is 12.0 Å². The van der Waals surface area contributed by atoms with Crippen LogP contribution in [0.2, 0.25) is 0 Å². The van der Waals surface area contributed by atoms with Crippen LogP contribution in [0.4, 0.5) is 4.79 Å². The summed E-state index contributed by atoms with van der Waals surface area (Å²) in [6.45, 7) is 2.47. The van der Waals surface area contributed by atoms with E-state index in [1.54, 1.807) is 14.1 Å². The van der Waals surface area contributed by atoms with Crippen molar-refractivity contribution < 1.29 is 19.1 Å².